The SMILES string of the molecule is CCc1onc(-c2ccccc2)c1C(=O)N1CCC(C2CC(N)CCO2)CC1. The first-order valence-corrected chi connectivity index (χ1v) is 10.4. The summed E-state index contributed by atoms with van der Waals surface area (Å²) in [6, 6.07) is 10.0. The molecule has 3 heterocycles. The molecule has 2 unspecified atom stereocenters. The van der Waals surface area contributed by atoms with E-state index in [1.54, 1.807) is 0 Å². The molecule has 2 fully saturated rings. The minimum atomic E-state index is 0.0247. The van der Waals surface area contributed by atoms with Crippen LogP contribution in [0.2, 0.25) is 0 Å². The van der Waals surface area contributed by atoms with Crippen LogP contribution in [0.4, 0.5) is 0 Å². The van der Waals surface area contributed by atoms with E-state index >= 15 is 0 Å². The molecule has 0 saturated carbocycles. The van der Waals surface area contributed by atoms with Gasteiger partial charge in [-0.3, -0.25) is 4.79 Å². The molecule has 28 heavy (non-hydrogen) atoms. The molecule has 1 aromatic carbocycles. The number of ether oxygens (including phenoxy) is 1. The van der Waals surface area contributed by atoms with Crippen LogP contribution < -0.4 is 5.73 Å². The molecule has 2 aliphatic rings. The second-order valence-electron chi connectivity index (χ2n) is 7.87. The molecule has 0 aliphatic carbocycles. The summed E-state index contributed by atoms with van der Waals surface area (Å²) in [6.45, 7) is 4.22. The number of aryl methyl sites for hydroxylation is 1. The average molecular weight is 383 g/mol. The summed E-state index contributed by atoms with van der Waals surface area (Å²) in [5.41, 5.74) is 8.28. The van der Waals surface area contributed by atoms with Crippen LogP contribution in [-0.4, -0.2) is 47.8 Å². The quantitative estimate of drug-likeness (QED) is 0.876. The summed E-state index contributed by atoms with van der Waals surface area (Å²) in [5, 5.41) is 4.21. The molecule has 6 nitrogen and oxygen atoms in total. The number of nitrogens with zero attached hydrogens (tertiary/aromatic N) is 2. The Bertz CT molecular complexity index is 797. The monoisotopic (exact) mass is 383 g/mol. The summed E-state index contributed by atoms with van der Waals surface area (Å²) in [5.74, 6) is 1.17. The minimum Gasteiger partial charge on any atom is -0.378 e. The van der Waals surface area contributed by atoms with Gasteiger partial charge in [-0.25, -0.2) is 0 Å². The molecule has 2 N–H and O–H groups in total. The number of nitrogens with two attached hydrogens (primary N) is 1. The van der Waals surface area contributed by atoms with Crippen molar-refractivity contribution in [2.75, 3.05) is 19.7 Å². The number of benzene rings is 1. The first-order chi connectivity index (χ1) is 13.7. The maximum atomic E-state index is 13.3. The first kappa shape index (κ1) is 19.2. The van der Waals surface area contributed by atoms with E-state index < -0.39 is 0 Å². The third kappa shape index (κ3) is 3.84. The van der Waals surface area contributed by atoms with Crippen LogP contribution in [0.5, 0.6) is 0 Å². The van der Waals surface area contributed by atoms with Crippen molar-refractivity contribution < 1.29 is 14.1 Å². The summed E-state index contributed by atoms with van der Waals surface area (Å²) in [6.07, 6.45) is 4.67. The fourth-order valence-corrected chi connectivity index (χ4v) is 4.40. The van der Waals surface area contributed by atoms with Crippen molar-refractivity contribution in [3.8, 4) is 11.3 Å². The van der Waals surface area contributed by atoms with Crippen molar-refractivity contribution in [2.24, 2.45) is 11.7 Å². The molecular formula is C22H29N3O3. The van der Waals surface area contributed by atoms with Crippen LogP contribution in [0.3, 0.4) is 0 Å². The second kappa shape index (κ2) is 8.45. The lowest BCUT2D eigenvalue weighted by Gasteiger charge is -2.38. The molecule has 0 bridgehead atoms. The maximum Gasteiger partial charge on any atom is 0.259 e. The van der Waals surface area contributed by atoms with Crippen LogP contribution in [0.1, 0.15) is 48.7 Å². The number of amides is 1. The lowest BCUT2D eigenvalue weighted by atomic mass is 9.86. The molecule has 2 atom stereocenters. The fraction of sp³-hybridized carbons (Fsp3) is 0.545. The maximum absolute atomic E-state index is 13.3. The van der Waals surface area contributed by atoms with Crippen molar-refractivity contribution in [1.82, 2.24) is 10.1 Å². The lowest BCUT2D eigenvalue weighted by molar-refractivity contribution is -0.0419. The Morgan fingerprint density at radius 1 is 1.21 bits per heavy atom. The Labute approximate surface area is 166 Å². The Morgan fingerprint density at radius 3 is 2.64 bits per heavy atom. The number of likely N-dealkylation sites (tertiary alicyclic amines) is 1. The summed E-state index contributed by atoms with van der Waals surface area (Å²) in [7, 11) is 0. The van der Waals surface area contributed by atoms with E-state index in [4.69, 9.17) is 15.0 Å². The van der Waals surface area contributed by atoms with Crippen LogP contribution in [0.15, 0.2) is 34.9 Å². The number of carbonyl (C=O) groups excluding carboxylic acids is 1. The predicted octanol–water partition coefficient (Wildman–Crippen LogP) is 3.26. The molecule has 4 rings (SSSR count). The number of rotatable bonds is 4. The molecule has 2 aliphatic heterocycles. The number of aromatic nitrogens is 1. The fourth-order valence-electron chi connectivity index (χ4n) is 4.40. The second-order valence-corrected chi connectivity index (χ2v) is 7.87. The number of piperidine rings is 1. The highest BCUT2D eigenvalue weighted by Crippen LogP contribution is 2.31. The molecule has 1 amide bonds. The van der Waals surface area contributed by atoms with Crippen LogP contribution >= 0.6 is 0 Å². The highest BCUT2D eigenvalue weighted by atomic mass is 16.5. The number of hydrogen-bond acceptors (Lipinski definition) is 5. The summed E-state index contributed by atoms with van der Waals surface area (Å²) in [4.78, 5) is 15.3. The van der Waals surface area contributed by atoms with E-state index in [-0.39, 0.29) is 18.1 Å². The largest absolute Gasteiger partial charge is 0.378 e. The lowest BCUT2D eigenvalue weighted by Crippen LogP contribution is -2.45. The summed E-state index contributed by atoms with van der Waals surface area (Å²) >= 11 is 0. The standard InChI is InChI=1S/C22H29N3O3/c1-2-18-20(21(24-28-18)16-6-4-3-5-7-16)22(26)25-11-8-15(9-12-25)19-14-17(23)10-13-27-19/h3-7,15,17,19H,2,8-14,23H2,1H3. The molecule has 1 aromatic heterocycles. The van der Waals surface area contributed by atoms with Crippen LogP contribution in [0, 0.1) is 5.92 Å². The Balaban J connectivity index is 1.48. The molecule has 2 aromatic rings. The summed E-state index contributed by atoms with van der Waals surface area (Å²) < 4.78 is 11.5. The third-order valence-corrected chi connectivity index (χ3v) is 6.05. The molecule has 0 spiro atoms. The highest BCUT2D eigenvalue weighted by Gasteiger charge is 2.34. The van der Waals surface area contributed by atoms with E-state index in [0.717, 1.165) is 50.9 Å². The van der Waals surface area contributed by atoms with Gasteiger partial charge in [0.25, 0.3) is 5.91 Å². The molecule has 2 saturated heterocycles. The third-order valence-electron chi connectivity index (χ3n) is 6.05. The molecule has 150 valence electrons. The zero-order chi connectivity index (χ0) is 19.5. The van der Waals surface area contributed by atoms with Crippen molar-refractivity contribution in [2.45, 2.75) is 51.2 Å². The van der Waals surface area contributed by atoms with Crippen LogP contribution in [-0.2, 0) is 11.2 Å². The van der Waals surface area contributed by atoms with Crippen molar-refractivity contribution >= 4 is 5.91 Å². The van der Waals surface area contributed by atoms with E-state index in [0.29, 0.717) is 29.4 Å². The zero-order valence-electron chi connectivity index (χ0n) is 16.5. The van der Waals surface area contributed by atoms with E-state index in [2.05, 4.69) is 5.16 Å². The average Bonchev–Trinajstić information content (AvgIpc) is 3.18. The van der Waals surface area contributed by atoms with Gasteiger partial charge in [-0.2, -0.15) is 0 Å². The van der Waals surface area contributed by atoms with Crippen LogP contribution in [0.25, 0.3) is 11.3 Å². The topological polar surface area (TPSA) is 81.6 Å². The number of carbonyl (C=O) groups is 1. The Kier molecular flexibility index (Phi) is 5.78. The molecule has 0 radical (unpaired) electrons. The molecular weight excluding hydrogens is 354 g/mol. The Morgan fingerprint density at radius 2 is 1.96 bits per heavy atom. The van der Waals surface area contributed by atoms with Gasteiger partial charge in [-0.05, 0) is 31.6 Å². The van der Waals surface area contributed by atoms with E-state index in [9.17, 15) is 4.79 Å². The van der Waals surface area contributed by atoms with Gasteiger partial charge in [0.1, 0.15) is 17.0 Å². The number of hydrogen-bond donors (Lipinski definition) is 1. The highest BCUT2D eigenvalue weighted by molar-refractivity contribution is 6.00. The van der Waals surface area contributed by atoms with Gasteiger partial charge in [-0.1, -0.05) is 42.4 Å². The normalized spacial score (nSPS) is 23.7. The van der Waals surface area contributed by atoms with E-state index in [1.165, 1.54) is 0 Å². The van der Waals surface area contributed by atoms with Gasteiger partial charge in [0.2, 0.25) is 0 Å². The predicted molar refractivity (Wildman–Crippen MR) is 107 cm³/mol. The van der Waals surface area contributed by atoms with Gasteiger partial charge >= 0.3 is 0 Å². The van der Waals surface area contributed by atoms with Gasteiger partial charge in [-0.15, -0.1) is 0 Å². The Hall–Kier alpha value is -2.18. The van der Waals surface area contributed by atoms with Gasteiger partial charge in [0, 0.05) is 37.7 Å². The van der Waals surface area contributed by atoms with E-state index in [1.807, 2.05) is 42.2 Å². The van der Waals surface area contributed by atoms with Gasteiger partial charge in [0.05, 0.1) is 6.10 Å². The van der Waals surface area contributed by atoms with Crippen molar-refractivity contribution in [1.29, 1.82) is 0 Å². The minimum absolute atomic E-state index is 0.0247. The van der Waals surface area contributed by atoms with Crippen molar-refractivity contribution in [3.05, 3.63) is 41.7 Å². The van der Waals surface area contributed by atoms with Gasteiger partial charge in [0.15, 0.2) is 0 Å². The van der Waals surface area contributed by atoms with Gasteiger partial charge < -0.3 is 19.9 Å². The zero-order valence-corrected chi connectivity index (χ0v) is 16.5. The molecule has 6 heteroatoms. The first-order valence-electron chi connectivity index (χ1n) is 10.4. The van der Waals surface area contributed by atoms with Crippen molar-refractivity contribution in [3.63, 3.8) is 0 Å². The smallest absolute Gasteiger partial charge is 0.259 e.